The molecule has 0 radical (unpaired) electrons. The van der Waals surface area contributed by atoms with Gasteiger partial charge in [-0.15, -0.1) is 24.2 Å². The van der Waals surface area contributed by atoms with Crippen LogP contribution in [0.4, 0.5) is 0 Å². The van der Waals surface area contributed by atoms with Crippen molar-refractivity contribution in [2.75, 3.05) is 19.3 Å². The Morgan fingerprint density at radius 1 is 1.44 bits per heavy atom. The average Bonchev–Trinajstić information content (AvgIpc) is 2.29. The molecule has 90 valence electrons. The van der Waals surface area contributed by atoms with Crippen molar-refractivity contribution in [2.45, 2.75) is 5.25 Å². The summed E-state index contributed by atoms with van der Waals surface area (Å²) in [6, 6.07) is 9.74. The smallest absolute Gasteiger partial charge is 0.237 e. The van der Waals surface area contributed by atoms with E-state index in [1.807, 2.05) is 36.6 Å². The summed E-state index contributed by atoms with van der Waals surface area (Å²) in [5, 5.41) is 2.66. The van der Waals surface area contributed by atoms with Crippen LogP contribution in [0.5, 0.6) is 0 Å². The molecular formula is C11H17ClN2OS. The van der Waals surface area contributed by atoms with E-state index in [-0.39, 0.29) is 23.6 Å². The van der Waals surface area contributed by atoms with Gasteiger partial charge in [-0.3, -0.25) is 4.79 Å². The molecule has 1 unspecified atom stereocenters. The largest absolute Gasteiger partial charge is 0.354 e. The quantitative estimate of drug-likeness (QED) is 0.845. The zero-order valence-electron chi connectivity index (χ0n) is 9.18. The Kier molecular flexibility index (Phi) is 8.07. The van der Waals surface area contributed by atoms with E-state index in [2.05, 4.69) is 5.32 Å². The van der Waals surface area contributed by atoms with Gasteiger partial charge < -0.3 is 11.1 Å². The van der Waals surface area contributed by atoms with Crippen molar-refractivity contribution in [3.05, 3.63) is 35.9 Å². The van der Waals surface area contributed by atoms with Crippen LogP contribution in [-0.2, 0) is 4.79 Å². The van der Waals surface area contributed by atoms with Crippen molar-refractivity contribution in [1.29, 1.82) is 0 Å². The number of rotatable bonds is 5. The maximum atomic E-state index is 11.7. The molecule has 0 fully saturated rings. The highest BCUT2D eigenvalue weighted by Crippen LogP contribution is 2.26. The predicted molar refractivity (Wildman–Crippen MR) is 72.0 cm³/mol. The molecule has 1 rings (SSSR count). The van der Waals surface area contributed by atoms with Crippen LogP contribution in [0, 0.1) is 0 Å². The van der Waals surface area contributed by atoms with Gasteiger partial charge in [-0.25, -0.2) is 0 Å². The van der Waals surface area contributed by atoms with Crippen molar-refractivity contribution in [3.63, 3.8) is 0 Å². The van der Waals surface area contributed by atoms with Crippen LogP contribution in [0.25, 0.3) is 0 Å². The molecular weight excluding hydrogens is 244 g/mol. The van der Waals surface area contributed by atoms with Gasteiger partial charge in [0.1, 0.15) is 5.25 Å². The summed E-state index contributed by atoms with van der Waals surface area (Å²) < 4.78 is 0. The monoisotopic (exact) mass is 260 g/mol. The first-order chi connectivity index (χ1) is 7.29. The van der Waals surface area contributed by atoms with E-state index in [1.165, 1.54) is 11.8 Å². The first-order valence-electron chi connectivity index (χ1n) is 4.85. The summed E-state index contributed by atoms with van der Waals surface area (Å²) in [5.74, 6) is 0.0270. The van der Waals surface area contributed by atoms with Gasteiger partial charge in [0, 0.05) is 13.1 Å². The van der Waals surface area contributed by atoms with Gasteiger partial charge >= 0.3 is 0 Å². The Morgan fingerprint density at radius 2 is 2.06 bits per heavy atom. The van der Waals surface area contributed by atoms with Crippen LogP contribution in [-0.4, -0.2) is 25.3 Å². The van der Waals surface area contributed by atoms with Crippen molar-refractivity contribution in [2.24, 2.45) is 5.73 Å². The molecule has 0 aliphatic rings. The molecule has 1 aromatic rings. The molecule has 0 aromatic heterocycles. The van der Waals surface area contributed by atoms with Gasteiger partial charge in [-0.2, -0.15) is 0 Å². The lowest BCUT2D eigenvalue weighted by atomic mass is 10.1. The predicted octanol–water partition coefficient (Wildman–Crippen LogP) is 1.59. The molecule has 0 heterocycles. The highest BCUT2D eigenvalue weighted by atomic mass is 35.5. The summed E-state index contributed by atoms with van der Waals surface area (Å²) in [4.78, 5) is 11.7. The van der Waals surface area contributed by atoms with Gasteiger partial charge in [-0.1, -0.05) is 30.3 Å². The maximum Gasteiger partial charge on any atom is 0.237 e. The fourth-order valence-corrected chi connectivity index (χ4v) is 2.04. The molecule has 1 atom stereocenters. The third kappa shape index (κ3) is 4.43. The number of carbonyl (C=O) groups excluding carboxylic acids is 1. The third-order valence-corrected chi connectivity index (χ3v) is 2.98. The zero-order valence-corrected chi connectivity index (χ0v) is 10.8. The molecule has 1 amide bonds. The van der Waals surface area contributed by atoms with E-state index in [0.29, 0.717) is 13.1 Å². The number of nitrogens with one attached hydrogen (secondary N) is 1. The number of nitrogens with two attached hydrogens (primary N) is 1. The summed E-state index contributed by atoms with van der Waals surface area (Å²) in [5.41, 5.74) is 6.36. The number of benzene rings is 1. The van der Waals surface area contributed by atoms with E-state index in [4.69, 9.17) is 5.73 Å². The highest BCUT2D eigenvalue weighted by molar-refractivity contribution is 7.99. The molecule has 0 bridgehead atoms. The van der Waals surface area contributed by atoms with Crippen LogP contribution in [0.3, 0.4) is 0 Å². The van der Waals surface area contributed by atoms with E-state index < -0.39 is 0 Å². The Bertz CT molecular complexity index is 308. The number of halogens is 1. The average molecular weight is 261 g/mol. The number of thioether (sulfide) groups is 1. The fourth-order valence-electron chi connectivity index (χ4n) is 1.31. The summed E-state index contributed by atoms with van der Waals surface area (Å²) in [6.07, 6.45) is 1.93. The number of carbonyl (C=O) groups is 1. The van der Waals surface area contributed by atoms with Gasteiger partial charge in [-0.05, 0) is 11.8 Å². The minimum atomic E-state index is -0.141. The van der Waals surface area contributed by atoms with E-state index in [0.717, 1.165) is 5.56 Å². The number of hydrogen-bond donors (Lipinski definition) is 2. The van der Waals surface area contributed by atoms with Crippen molar-refractivity contribution >= 4 is 30.1 Å². The van der Waals surface area contributed by atoms with Crippen LogP contribution in [0.1, 0.15) is 10.8 Å². The summed E-state index contributed by atoms with van der Waals surface area (Å²) in [7, 11) is 0. The van der Waals surface area contributed by atoms with E-state index >= 15 is 0 Å². The Morgan fingerprint density at radius 3 is 2.56 bits per heavy atom. The first kappa shape index (κ1) is 15.3. The Hall–Kier alpha value is -0.710. The minimum Gasteiger partial charge on any atom is -0.354 e. The highest BCUT2D eigenvalue weighted by Gasteiger charge is 2.17. The molecule has 0 saturated heterocycles. The second-order valence-corrected chi connectivity index (χ2v) is 4.05. The van der Waals surface area contributed by atoms with Gasteiger partial charge in [0.25, 0.3) is 0 Å². The molecule has 0 aliphatic carbocycles. The van der Waals surface area contributed by atoms with E-state index in [1.54, 1.807) is 0 Å². The molecule has 3 nitrogen and oxygen atoms in total. The van der Waals surface area contributed by atoms with Crippen molar-refractivity contribution < 1.29 is 4.79 Å². The van der Waals surface area contributed by atoms with Crippen LogP contribution < -0.4 is 11.1 Å². The van der Waals surface area contributed by atoms with Crippen LogP contribution >= 0.6 is 24.2 Å². The van der Waals surface area contributed by atoms with Crippen molar-refractivity contribution in [3.8, 4) is 0 Å². The van der Waals surface area contributed by atoms with E-state index in [9.17, 15) is 4.79 Å². The molecule has 16 heavy (non-hydrogen) atoms. The fraction of sp³-hybridized carbons (Fsp3) is 0.364. The zero-order chi connectivity index (χ0) is 11.1. The first-order valence-corrected chi connectivity index (χ1v) is 6.14. The Balaban J connectivity index is 0.00000225. The lowest BCUT2D eigenvalue weighted by molar-refractivity contribution is -0.120. The van der Waals surface area contributed by atoms with Crippen LogP contribution in [0.15, 0.2) is 30.3 Å². The van der Waals surface area contributed by atoms with Gasteiger partial charge in [0.2, 0.25) is 5.91 Å². The summed E-state index contributed by atoms with van der Waals surface area (Å²) >= 11 is 1.53. The normalized spacial score (nSPS) is 11.4. The third-order valence-electron chi connectivity index (χ3n) is 2.02. The molecule has 5 heteroatoms. The number of hydrogen-bond acceptors (Lipinski definition) is 3. The Labute approximate surface area is 107 Å². The lowest BCUT2D eigenvalue weighted by Crippen LogP contribution is -2.32. The topological polar surface area (TPSA) is 55.1 Å². The van der Waals surface area contributed by atoms with Gasteiger partial charge in [0.05, 0.1) is 0 Å². The number of amides is 1. The summed E-state index contributed by atoms with van der Waals surface area (Å²) in [6.45, 7) is 1.00. The molecule has 0 aliphatic heterocycles. The second kappa shape index (κ2) is 8.44. The van der Waals surface area contributed by atoms with Crippen LogP contribution in [0.2, 0.25) is 0 Å². The maximum absolute atomic E-state index is 11.7. The minimum absolute atomic E-state index is 0. The van der Waals surface area contributed by atoms with Crippen molar-refractivity contribution in [1.82, 2.24) is 5.32 Å². The van der Waals surface area contributed by atoms with Gasteiger partial charge in [0.15, 0.2) is 0 Å². The SMILES string of the molecule is CSC(C(=O)NCCN)c1ccccc1.Cl. The molecule has 0 spiro atoms. The molecule has 0 saturated carbocycles. The second-order valence-electron chi connectivity index (χ2n) is 3.11. The molecule has 3 N–H and O–H groups in total. The standard InChI is InChI=1S/C11H16N2OS.ClH/c1-15-10(11(14)13-8-7-12)9-5-3-2-4-6-9;/h2-6,10H,7-8,12H2,1H3,(H,13,14);1H. The molecule has 1 aromatic carbocycles. The lowest BCUT2D eigenvalue weighted by Gasteiger charge is -2.14.